The Labute approximate surface area is 127 Å². The van der Waals surface area contributed by atoms with E-state index in [4.69, 9.17) is 14.2 Å². The fourth-order valence-electron chi connectivity index (χ4n) is 2.95. The van der Waals surface area contributed by atoms with Crippen LogP contribution in [0, 0.1) is 0 Å². The standard InChI is InChI=1S/C17H27NO3/c1-5-9-18-14-8-10-21-17(2,12-14)13-6-7-15(19-3)16(11-13)20-4/h6-7,11,14,18H,5,8-10,12H2,1-4H3. The molecule has 0 spiro atoms. The largest absolute Gasteiger partial charge is 0.493 e. The lowest BCUT2D eigenvalue weighted by Gasteiger charge is -2.39. The predicted octanol–water partition coefficient (Wildman–Crippen LogP) is 3.10. The zero-order valence-electron chi connectivity index (χ0n) is 13.6. The van der Waals surface area contributed by atoms with Gasteiger partial charge in [-0.3, -0.25) is 0 Å². The van der Waals surface area contributed by atoms with Gasteiger partial charge < -0.3 is 19.5 Å². The van der Waals surface area contributed by atoms with Gasteiger partial charge in [-0.1, -0.05) is 13.0 Å². The molecule has 4 heteroatoms. The van der Waals surface area contributed by atoms with Crippen molar-refractivity contribution in [2.45, 2.75) is 44.8 Å². The van der Waals surface area contributed by atoms with Gasteiger partial charge in [0.15, 0.2) is 11.5 Å². The number of ether oxygens (including phenoxy) is 3. The number of nitrogens with one attached hydrogen (secondary N) is 1. The second-order valence-corrected chi connectivity index (χ2v) is 5.79. The molecule has 1 saturated heterocycles. The van der Waals surface area contributed by atoms with Gasteiger partial charge in [0, 0.05) is 12.6 Å². The van der Waals surface area contributed by atoms with Crippen LogP contribution in [0.5, 0.6) is 11.5 Å². The lowest BCUT2D eigenvalue weighted by molar-refractivity contribution is -0.0813. The Balaban J connectivity index is 2.18. The van der Waals surface area contributed by atoms with Gasteiger partial charge in [-0.2, -0.15) is 0 Å². The van der Waals surface area contributed by atoms with Crippen LogP contribution >= 0.6 is 0 Å². The van der Waals surface area contributed by atoms with Gasteiger partial charge in [0.05, 0.1) is 19.8 Å². The topological polar surface area (TPSA) is 39.7 Å². The van der Waals surface area contributed by atoms with E-state index >= 15 is 0 Å². The Kier molecular flexibility index (Phi) is 5.48. The summed E-state index contributed by atoms with van der Waals surface area (Å²) in [5, 5.41) is 3.61. The molecule has 1 aromatic rings. The monoisotopic (exact) mass is 293 g/mol. The maximum Gasteiger partial charge on any atom is 0.161 e. The molecule has 1 N–H and O–H groups in total. The molecule has 0 radical (unpaired) electrons. The molecule has 0 bridgehead atoms. The van der Waals surface area contributed by atoms with Gasteiger partial charge in [0.1, 0.15) is 0 Å². The van der Waals surface area contributed by atoms with Gasteiger partial charge in [0.2, 0.25) is 0 Å². The Morgan fingerprint density at radius 3 is 2.71 bits per heavy atom. The zero-order valence-corrected chi connectivity index (χ0v) is 13.6. The second kappa shape index (κ2) is 7.14. The van der Waals surface area contributed by atoms with Gasteiger partial charge in [-0.25, -0.2) is 0 Å². The van der Waals surface area contributed by atoms with Crippen molar-refractivity contribution >= 4 is 0 Å². The van der Waals surface area contributed by atoms with E-state index in [1.54, 1.807) is 14.2 Å². The summed E-state index contributed by atoms with van der Waals surface area (Å²) in [5.41, 5.74) is 0.867. The molecular formula is C17H27NO3. The first-order valence-corrected chi connectivity index (χ1v) is 7.72. The lowest BCUT2D eigenvalue weighted by Crippen LogP contribution is -2.44. The van der Waals surface area contributed by atoms with Crippen molar-refractivity contribution in [2.75, 3.05) is 27.4 Å². The van der Waals surface area contributed by atoms with Crippen LogP contribution in [-0.2, 0) is 10.3 Å². The van der Waals surface area contributed by atoms with E-state index in [1.165, 1.54) is 0 Å². The first kappa shape index (κ1) is 16.1. The molecule has 118 valence electrons. The van der Waals surface area contributed by atoms with Crippen LogP contribution in [-0.4, -0.2) is 33.4 Å². The van der Waals surface area contributed by atoms with Crippen molar-refractivity contribution in [3.63, 3.8) is 0 Å². The average Bonchev–Trinajstić information content (AvgIpc) is 2.52. The third kappa shape index (κ3) is 3.69. The molecule has 1 fully saturated rings. The van der Waals surface area contributed by atoms with E-state index in [0.717, 1.165) is 49.5 Å². The Hall–Kier alpha value is -1.26. The molecule has 2 rings (SSSR count). The summed E-state index contributed by atoms with van der Waals surface area (Å²) in [4.78, 5) is 0. The molecule has 0 saturated carbocycles. The molecule has 0 aromatic heterocycles. The summed E-state index contributed by atoms with van der Waals surface area (Å²) in [6.07, 6.45) is 3.20. The minimum Gasteiger partial charge on any atom is -0.493 e. The lowest BCUT2D eigenvalue weighted by atomic mass is 9.85. The number of rotatable bonds is 6. The van der Waals surface area contributed by atoms with Gasteiger partial charge in [-0.05, 0) is 50.4 Å². The Morgan fingerprint density at radius 1 is 1.29 bits per heavy atom. The molecule has 1 aliphatic rings. The van der Waals surface area contributed by atoms with Gasteiger partial charge in [-0.15, -0.1) is 0 Å². The average molecular weight is 293 g/mol. The maximum absolute atomic E-state index is 6.10. The third-order valence-electron chi connectivity index (χ3n) is 4.20. The number of methoxy groups -OCH3 is 2. The van der Waals surface area contributed by atoms with Gasteiger partial charge >= 0.3 is 0 Å². The van der Waals surface area contributed by atoms with Crippen LogP contribution in [0.2, 0.25) is 0 Å². The number of benzene rings is 1. The molecule has 1 heterocycles. The molecule has 2 unspecified atom stereocenters. The highest BCUT2D eigenvalue weighted by molar-refractivity contribution is 5.44. The fraction of sp³-hybridized carbons (Fsp3) is 0.647. The summed E-state index contributed by atoms with van der Waals surface area (Å²) < 4.78 is 16.8. The van der Waals surface area contributed by atoms with Crippen LogP contribution in [0.4, 0.5) is 0 Å². The van der Waals surface area contributed by atoms with Crippen molar-refractivity contribution in [3.05, 3.63) is 23.8 Å². The van der Waals surface area contributed by atoms with E-state index in [0.29, 0.717) is 6.04 Å². The van der Waals surface area contributed by atoms with Gasteiger partial charge in [0.25, 0.3) is 0 Å². The zero-order chi connectivity index (χ0) is 15.3. The van der Waals surface area contributed by atoms with E-state index in [1.807, 2.05) is 12.1 Å². The summed E-state index contributed by atoms with van der Waals surface area (Å²) in [7, 11) is 3.32. The minimum atomic E-state index is -0.275. The third-order valence-corrected chi connectivity index (χ3v) is 4.20. The van der Waals surface area contributed by atoms with Crippen LogP contribution in [0.25, 0.3) is 0 Å². The molecule has 2 atom stereocenters. The molecule has 0 amide bonds. The summed E-state index contributed by atoms with van der Waals surface area (Å²) in [6.45, 7) is 6.20. The normalized spacial score (nSPS) is 25.6. The van der Waals surface area contributed by atoms with Crippen LogP contribution in [0.3, 0.4) is 0 Å². The summed E-state index contributed by atoms with van der Waals surface area (Å²) in [6, 6.07) is 6.56. The second-order valence-electron chi connectivity index (χ2n) is 5.79. The highest BCUT2D eigenvalue weighted by Gasteiger charge is 2.35. The van der Waals surface area contributed by atoms with E-state index in [2.05, 4.69) is 25.2 Å². The van der Waals surface area contributed by atoms with Crippen LogP contribution < -0.4 is 14.8 Å². The fourth-order valence-corrected chi connectivity index (χ4v) is 2.95. The van der Waals surface area contributed by atoms with E-state index in [9.17, 15) is 0 Å². The first-order chi connectivity index (χ1) is 10.1. The quantitative estimate of drug-likeness (QED) is 0.875. The highest BCUT2D eigenvalue weighted by Crippen LogP contribution is 2.38. The smallest absolute Gasteiger partial charge is 0.161 e. The molecule has 1 aliphatic heterocycles. The van der Waals surface area contributed by atoms with Crippen molar-refractivity contribution in [1.29, 1.82) is 0 Å². The predicted molar refractivity (Wildman–Crippen MR) is 84.2 cm³/mol. The molecular weight excluding hydrogens is 266 g/mol. The first-order valence-electron chi connectivity index (χ1n) is 7.72. The van der Waals surface area contributed by atoms with Crippen molar-refractivity contribution in [3.8, 4) is 11.5 Å². The summed E-state index contributed by atoms with van der Waals surface area (Å²) in [5.74, 6) is 1.50. The van der Waals surface area contributed by atoms with Crippen LogP contribution in [0.1, 0.15) is 38.7 Å². The van der Waals surface area contributed by atoms with Crippen molar-refractivity contribution in [1.82, 2.24) is 5.32 Å². The van der Waals surface area contributed by atoms with Crippen molar-refractivity contribution in [2.24, 2.45) is 0 Å². The van der Waals surface area contributed by atoms with E-state index in [-0.39, 0.29) is 5.60 Å². The SMILES string of the molecule is CCCNC1CCOC(C)(c2ccc(OC)c(OC)c2)C1. The number of hydrogen-bond acceptors (Lipinski definition) is 4. The maximum atomic E-state index is 6.10. The van der Waals surface area contributed by atoms with E-state index < -0.39 is 0 Å². The number of hydrogen-bond donors (Lipinski definition) is 1. The minimum absolute atomic E-state index is 0.275. The molecule has 21 heavy (non-hydrogen) atoms. The Morgan fingerprint density at radius 2 is 2.05 bits per heavy atom. The highest BCUT2D eigenvalue weighted by atomic mass is 16.5. The summed E-state index contributed by atoms with van der Waals surface area (Å²) >= 11 is 0. The van der Waals surface area contributed by atoms with Crippen LogP contribution in [0.15, 0.2) is 18.2 Å². The molecule has 0 aliphatic carbocycles. The molecule has 1 aromatic carbocycles. The molecule has 4 nitrogen and oxygen atoms in total. The Bertz CT molecular complexity index is 463. The van der Waals surface area contributed by atoms with Crippen molar-refractivity contribution < 1.29 is 14.2 Å².